The number of hydrogen-bond acceptors (Lipinski definition) is 6. The van der Waals surface area contributed by atoms with Gasteiger partial charge in [0.05, 0.1) is 19.2 Å². The van der Waals surface area contributed by atoms with Crippen LogP contribution in [0.5, 0.6) is 5.75 Å². The summed E-state index contributed by atoms with van der Waals surface area (Å²) in [5.74, 6) is 0.502. The number of carbonyl (C=O) groups excluding carboxylic acids is 2. The molecule has 0 bridgehead atoms. The quantitative estimate of drug-likeness (QED) is 0.172. The first kappa shape index (κ1) is 27.2. The number of rotatable bonds is 10. The lowest BCUT2D eigenvalue weighted by molar-refractivity contribution is -0.116. The summed E-state index contributed by atoms with van der Waals surface area (Å²) >= 11 is 2.80. The zero-order valence-corrected chi connectivity index (χ0v) is 23.4. The first-order chi connectivity index (χ1) is 19.6. The van der Waals surface area contributed by atoms with Crippen LogP contribution in [-0.2, 0) is 16.0 Å². The molecular formula is C32H27N3O3S2. The van der Waals surface area contributed by atoms with Gasteiger partial charge in [-0.2, -0.15) is 0 Å². The van der Waals surface area contributed by atoms with Gasteiger partial charge in [-0.05, 0) is 53.6 Å². The number of anilines is 2. The highest BCUT2D eigenvalue weighted by Gasteiger charge is 2.23. The van der Waals surface area contributed by atoms with E-state index in [1.807, 2.05) is 115 Å². The second-order valence-corrected chi connectivity index (χ2v) is 10.9. The Morgan fingerprint density at radius 2 is 1.60 bits per heavy atom. The molecule has 0 saturated heterocycles. The van der Waals surface area contributed by atoms with Crippen LogP contribution in [0.25, 0.3) is 11.3 Å². The van der Waals surface area contributed by atoms with E-state index < -0.39 is 5.25 Å². The Morgan fingerprint density at radius 3 is 2.33 bits per heavy atom. The minimum atomic E-state index is -0.523. The number of carbonyl (C=O) groups is 2. The lowest BCUT2D eigenvalue weighted by Crippen LogP contribution is -2.19. The van der Waals surface area contributed by atoms with Gasteiger partial charge in [0.25, 0.3) is 0 Å². The molecule has 1 aromatic heterocycles. The van der Waals surface area contributed by atoms with Gasteiger partial charge in [-0.25, -0.2) is 4.98 Å². The van der Waals surface area contributed by atoms with Crippen molar-refractivity contribution in [1.82, 2.24) is 4.98 Å². The molecule has 0 aliphatic carbocycles. The molecule has 4 aromatic carbocycles. The largest absolute Gasteiger partial charge is 0.497 e. The summed E-state index contributed by atoms with van der Waals surface area (Å²) < 4.78 is 5.23. The zero-order chi connectivity index (χ0) is 27.7. The van der Waals surface area contributed by atoms with Gasteiger partial charge in [0.2, 0.25) is 11.8 Å². The van der Waals surface area contributed by atoms with Crippen LogP contribution in [0, 0.1) is 0 Å². The fourth-order valence-electron chi connectivity index (χ4n) is 4.07. The van der Waals surface area contributed by atoms with Crippen molar-refractivity contribution in [2.75, 3.05) is 17.7 Å². The van der Waals surface area contributed by atoms with Crippen LogP contribution in [0.2, 0.25) is 0 Å². The minimum absolute atomic E-state index is 0.0952. The molecule has 0 aliphatic heterocycles. The topological polar surface area (TPSA) is 80.3 Å². The number of nitrogens with zero attached hydrogens (tertiary/aromatic N) is 1. The van der Waals surface area contributed by atoms with Crippen molar-refractivity contribution in [2.45, 2.75) is 16.6 Å². The summed E-state index contributed by atoms with van der Waals surface area (Å²) in [4.78, 5) is 31.6. The van der Waals surface area contributed by atoms with Crippen LogP contribution in [0.3, 0.4) is 0 Å². The third kappa shape index (κ3) is 7.16. The Labute approximate surface area is 241 Å². The molecule has 1 atom stereocenters. The number of thioether (sulfide) groups is 1. The first-order valence-corrected chi connectivity index (χ1v) is 14.4. The zero-order valence-electron chi connectivity index (χ0n) is 21.7. The Hall–Kier alpha value is -4.40. The van der Waals surface area contributed by atoms with Crippen LogP contribution in [0.15, 0.2) is 119 Å². The Kier molecular flexibility index (Phi) is 8.90. The number of methoxy groups -OCH3 is 1. The molecule has 0 aliphatic rings. The molecule has 8 heteroatoms. The molecule has 1 unspecified atom stereocenters. The number of benzene rings is 4. The molecule has 1 heterocycles. The van der Waals surface area contributed by atoms with Crippen molar-refractivity contribution in [3.05, 3.63) is 126 Å². The van der Waals surface area contributed by atoms with Gasteiger partial charge in [0, 0.05) is 21.5 Å². The lowest BCUT2D eigenvalue weighted by atomic mass is 10.1. The molecule has 0 saturated carbocycles. The van der Waals surface area contributed by atoms with Crippen LogP contribution < -0.4 is 15.4 Å². The Morgan fingerprint density at radius 1 is 0.875 bits per heavy atom. The number of thiazole rings is 1. The highest BCUT2D eigenvalue weighted by molar-refractivity contribution is 8.00. The number of ether oxygens (including phenoxy) is 1. The van der Waals surface area contributed by atoms with E-state index >= 15 is 0 Å². The van der Waals surface area contributed by atoms with Crippen LogP contribution in [0.1, 0.15) is 16.4 Å². The number of nitrogens with one attached hydrogen (secondary N) is 2. The fourth-order valence-corrected chi connectivity index (χ4v) is 5.87. The summed E-state index contributed by atoms with van der Waals surface area (Å²) in [6.45, 7) is 0. The average molecular weight is 566 g/mol. The van der Waals surface area contributed by atoms with Crippen molar-refractivity contribution in [3.63, 3.8) is 0 Å². The minimum Gasteiger partial charge on any atom is -0.497 e. The van der Waals surface area contributed by atoms with Gasteiger partial charge in [0.1, 0.15) is 11.0 Å². The van der Waals surface area contributed by atoms with Crippen molar-refractivity contribution in [2.24, 2.45) is 0 Å². The van der Waals surface area contributed by atoms with E-state index in [1.165, 1.54) is 23.1 Å². The van der Waals surface area contributed by atoms with Gasteiger partial charge >= 0.3 is 0 Å². The van der Waals surface area contributed by atoms with Crippen LogP contribution >= 0.6 is 23.1 Å². The third-order valence-electron chi connectivity index (χ3n) is 6.04. The van der Waals surface area contributed by atoms with Gasteiger partial charge in [-0.1, -0.05) is 66.7 Å². The van der Waals surface area contributed by atoms with E-state index in [9.17, 15) is 9.59 Å². The molecule has 5 aromatic rings. The van der Waals surface area contributed by atoms with Gasteiger partial charge in [-0.15, -0.1) is 23.1 Å². The second kappa shape index (κ2) is 13.1. The summed E-state index contributed by atoms with van der Waals surface area (Å²) in [7, 11) is 1.63. The molecule has 5 rings (SSSR count). The molecule has 0 radical (unpaired) electrons. The molecule has 2 amide bonds. The number of amides is 2. The highest BCUT2D eigenvalue weighted by atomic mass is 32.2. The summed E-state index contributed by atoms with van der Waals surface area (Å²) in [5, 5.41) is 7.89. The van der Waals surface area contributed by atoms with Crippen molar-refractivity contribution in [3.8, 4) is 17.0 Å². The summed E-state index contributed by atoms with van der Waals surface area (Å²) in [5.41, 5.74) is 4.23. The average Bonchev–Trinajstić information content (AvgIpc) is 3.45. The number of hydrogen-bond donors (Lipinski definition) is 2. The van der Waals surface area contributed by atoms with Crippen molar-refractivity contribution >= 4 is 45.7 Å². The standard InChI is InChI=1S/C32H27N3O3S2/c1-38-26-17-15-23(16-18-26)28-21-39-32(34-28)35-31(37)30(24-11-6-3-7-12-24)40-27-14-8-13-25(20-27)33-29(36)19-22-9-4-2-5-10-22/h2-18,20-21,30H,19H2,1H3,(H,33,36)(H,34,35,37). The van der Waals surface area contributed by atoms with E-state index in [4.69, 9.17) is 4.74 Å². The molecule has 0 fully saturated rings. The molecule has 40 heavy (non-hydrogen) atoms. The first-order valence-electron chi connectivity index (χ1n) is 12.6. The molecular weight excluding hydrogens is 539 g/mol. The predicted octanol–water partition coefficient (Wildman–Crippen LogP) is 7.47. The van der Waals surface area contributed by atoms with E-state index in [2.05, 4.69) is 15.6 Å². The third-order valence-corrected chi connectivity index (χ3v) is 8.05. The fraction of sp³-hybridized carbons (Fsp3) is 0.0938. The maximum absolute atomic E-state index is 13.6. The maximum atomic E-state index is 13.6. The molecule has 2 N–H and O–H groups in total. The van der Waals surface area contributed by atoms with Crippen LogP contribution in [-0.4, -0.2) is 23.9 Å². The van der Waals surface area contributed by atoms with E-state index in [0.29, 0.717) is 17.2 Å². The van der Waals surface area contributed by atoms with E-state index in [0.717, 1.165) is 33.0 Å². The predicted molar refractivity (Wildman–Crippen MR) is 163 cm³/mol. The maximum Gasteiger partial charge on any atom is 0.244 e. The monoisotopic (exact) mass is 565 g/mol. The second-order valence-electron chi connectivity index (χ2n) is 8.90. The molecule has 0 spiro atoms. The molecule has 6 nitrogen and oxygen atoms in total. The normalized spacial score (nSPS) is 11.4. The van der Waals surface area contributed by atoms with E-state index in [-0.39, 0.29) is 11.8 Å². The Bertz CT molecular complexity index is 1570. The van der Waals surface area contributed by atoms with Crippen LogP contribution in [0.4, 0.5) is 10.8 Å². The van der Waals surface area contributed by atoms with Gasteiger partial charge in [-0.3, -0.25) is 9.59 Å². The summed E-state index contributed by atoms with van der Waals surface area (Å²) in [6, 6.07) is 34.4. The Balaban J connectivity index is 1.30. The van der Waals surface area contributed by atoms with Gasteiger partial charge < -0.3 is 15.4 Å². The number of aromatic nitrogens is 1. The van der Waals surface area contributed by atoms with E-state index in [1.54, 1.807) is 7.11 Å². The lowest BCUT2D eigenvalue weighted by Gasteiger charge is -2.17. The summed E-state index contributed by atoms with van der Waals surface area (Å²) in [6.07, 6.45) is 0.291. The van der Waals surface area contributed by atoms with Crippen molar-refractivity contribution in [1.29, 1.82) is 0 Å². The highest BCUT2D eigenvalue weighted by Crippen LogP contribution is 2.38. The van der Waals surface area contributed by atoms with Crippen molar-refractivity contribution < 1.29 is 14.3 Å². The SMILES string of the molecule is COc1ccc(-c2csc(NC(=O)C(Sc3cccc(NC(=O)Cc4ccccc4)c3)c3ccccc3)n2)cc1. The molecule has 200 valence electrons. The smallest absolute Gasteiger partial charge is 0.244 e. The van der Waals surface area contributed by atoms with Gasteiger partial charge in [0.15, 0.2) is 5.13 Å².